The molecule has 4 rings (SSSR count). The molecule has 1 aliphatic rings. The van der Waals surface area contributed by atoms with E-state index in [0.717, 1.165) is 42.2 Å². The van der Waals surface area contributed by atoms with Gasteiger partial charge in [0, 0.05) is 32.3 Å². The van der Waals surface area contributed by atoms with Gasteiger partial charge in [0.2, 0.25) is 0 Å². The Morgan fingerprint density at radius 3 is 2.70 bits per heavy atom. The number of methoxy groups -OCH3 is 1. The molecule has 27 heavy (non-hydrogen) atoms. The van der Waals surface area contributed by atoms with Crippen molar-refractivity contribution in [3.05, 3.63) is 69.5 Å². The summed E-state index contributed by atoms with van der Waals surface area (Å²) in [6.07, 6.45) is 4.05. The summed E-state index contributed by atoms with van der Waals surface area (Å²) in [4.78, 5) is 30.9. The van der Waals surface area contributed by atoms with Crippen molar-refractivity contribution in [2.45, 2.75) is 26.4 Å². The summed E-state index contributed by atoms with van der Waals surface area (Å²) in [5, 5.41) is 0. The van der Waals surface area contributed by atoms with Crippen molar-refractivity contribution in [3.63, 3.8) is 0 Å². The van der Waals surface area contributed by atoms with Gasteiger partial charge in [-0.15, -0.1) is 0 Å². The van der Waals surface area contributed by atoms with Crippen LogP contribution in [0.1, 0.15) is 22.5 Å². The Labute approximate surface area is 157 Å². The largest absolute Gasteiger partial charge is 0.497 e. The first-order chi connectivity index (χ1) is 13.1. The van der Waals surface area contributed by atoms with E-state index in [1.165, 1.54) is 5.56 Å². The molecule has 0 radical (unpaired) electrons. The van der Waals surface area contributed by atoms with E-state index >= 15 is 0 Å². The van der Waals surface area contributed by atoms with Crippen molar-refractivity contribution in [2.24, 2.45) is 0 Å². The van der Waals surface area contributed by atoms with E-state index in [0.29, 0.717) is 18.1 Å². The lowest BCUT2D eigenvalue weighted by atomic mass is 10.1. The first-order valence-corrected chi connectivity index (χ1v) is 8.89. The maximum atomic E-state index is 12.6. The Balaban J connectivity index is 1.54. The molecule has 3 aromatic rings. The maximum Gasteiger partial charge on any atom is 0.255 e. The molecule has 1 aromatic carbocycles. The lowest BCUT2D eigenvalue weighted by Crippen LogP contribution is -2.35. The second kappa shape index (κ2) is 7.28. The zero-order chi connectivity index (χ0) is 18.8. The zero-order valence-corrected chi connectivity index (χ0v) is 15.4. The minimum atomic E-state index is -0.100. The lowest BCUT2D eigenvalue weighted by molar-refractivity contribution is 0.241. The highest BCUT2D eigenvalue weighted by Crippen LogP contribution is 2.20. The fourth-order valence-corrected chi connectivity index (χ4v) is 3.24. The minimum Gasteiger partial charge on any atom is -0.497 e. The van der Waals surface area contributed by atoms with Gasteiger partial charge in [0.05, 0.1) is 30.3 Å². The number of nitrogens with one attached hydrogen (secondary N) is 1. The predicted octanol–water partition coefficient (Wildman–Crippen LogP) is 2.10. The smallest absolute Gasteiger partial charge is 0.255 e. The maximum absolute atomic E-state index is 12.6. The lowest BCUT2D eigenvalue weighted by Gasteiger charge is -2.27. The van der Waals surface area contributed by atoms with Crippen LogP contribution >= 0.6 is 0 Å². The van der Waals surface area contributed by atoms with Crippen molar-refractivity contribution < 1.29 is 4.74 Å². The van der Waals surface area contributed by atoms with E-state index < -0.39 is 0 Å². The van der Waals surface area contributed by atoms with E-state index in [2.05, 4.69) is 37.0 Å². The average Bonchev–Trinajstić information content (AvgIpc) is 2.69. The zero-order valence-electron chi connectivity index (χ0n) is 15.4. The van der Waals surface area contributed by atoms with Gasteiger partial charge >= 0.3 is 0 Å². The molecule has 0 saturated heterocycles. The summed E-state index contributed by atoms with van der Waals surface area (Å²) in [5.41, 5.74) is 4.09. The second-order valence-corrected chi connectivity index (χ2v) is 6.69. The Hall–Kier alpha value is -3.06. The number of hydrogen-bond acceptors (Lipinski definition) is 6. The van der Waals surface area contributed by atoms with Crippen molar-refractivity contribution in [3.8, 4) is 17.3 Å². The molecule has 0 spiro atoms. The highest BCUT2D eigenvalue weighted by Gasteiger charge is 2.22. The molecule has 0 unspecified atom stereocenters. The number of aromatic amines is 1. The fraction of sp³-hybridized carbons (Fsp3) is 0.300. The molecular formula is C20H21N5O2. The molecule has 0 bridgehead atoms. The number of rotatable bonds is 4. The standard InChI is InChI=1S/C20H21N5O2/c1-13-9-22-18(10-21-13)19-23-17-7-8-25(12-16(17)20(26)24-19)11-14-3-5-15(27-2)6-4-14/h3-6,9-10H,7-8,11-12H2,1-2H3,(H,23,24,26). The third kappa shape index (κ3) is 3.73. The van der Waals surface area contributed by atoms with Crippen LogP contribution in [-0.4, -0.2) is 38.5 Å². The van der Waals surface area contributed by atoms with Gasteiger partial charge in [0.1, 0.15) is 11.4 Å². The molecule has 0 fully saturated rings. The molecule has 1 aliphatic heterocycles. The molecule has 0 atom stereocenters. The molecule has 0 saturated carbocycles. The van der Waals surface area contributed by atoms with Crippen LogP contribution in [0.25, 0.3) is 11.5 Å². The SMILES string of the molecule is COc1ccc(CN2CCc3nc(-c4cnc(C)cn4)[nH]c(=O)c3C2)cc1. The van der Waals surface area contributed by atoms with Gasteiger partial charge in [-0.05, 0) is 24.6 Å². The number of ether oxygens (including phenoxy) is 1. The second-order valence-electron chi connectivity index (χ2n) is 6.69. The highest BCUT2D eigenvalue weighted by atomic mass is 16.5. The van der Waals surface area contributed by atoms with Gasteiger partial charge in [-0.1, -0.05) is 12.1 Å². The summed E-state index contributed by atoms with van der Waals surface area (Å²) in [5.74, 6) is 1.32. The van der Waals surface area contributed by atoms with Gasteiger partial charge in [0.15, 0.2) is 5.82 Å². The molecule has 0 aliphatic carbocycles. The first-order valence-electron chi connectivity index (χ1n) is 8.89. The third-order valence-corrected chi connectivity index (χ3v) is 4.74. The van der Waals surface area contributed by atoms with Crippen molar-refractivity contribution in [1.82, 2.24) is 24.8 Å². The van der Waals surface area contributed by atoms with Crippen LogP contribution in [0.3, 0.4) is 0 Å². The predicted molar refractivity (Wildman–Crippen MR) is 101 cm³/mol. The Kier molecular flexibility index (Phi) is 4.68. The number of benzene rings is 1. The summed E-state index contributed by atoms with van der Waals surface area (Å²) in [7, 11) is 1.66. The molecule has 0 amide bonds. The van der Waals surface area contributed by atoms with Gasteiger partial charge in [-0.25, -0.2) is 9.97 Å². The summed E-state index contributed by atoms with van der Waals surface area (Å²) >= 11 is 0. The molecule has 2 aromatic heterocycles. The third-order valence-electron chi connectivity index (χ3n) is 4.74. The van der Waals surface area contributed by atoms with Gasteiger partial charge < -0.3 is 9.72 Å². The topological polar surface area (TPSA) is 84.0 Å². The Morgan fingerprint density at radius 2 is 2.00 bits per heavy atom. The Bertz CT molecular complexity index is 996. The molecule has 7 nitrogen and oxygen atoms in total. The van der Waals surface area contributed by atoms with Gasteiger partial charge in [0.25, 0.3) is 5.56 Å². The molecule has 1 N–H and O–H groups in total. The summed E-state index contributed by atoms with van der Waals surface area (Å²) in [6.45, 7) is 4.10. The number of fused-ring (bicyclic) bond motifs is 1. The van der Waals surface area contributed by atoms with Crippen molar-refractivity contribution in [1.29, 1.82) is 0 Å². The molecule has 7 heteroatoms. The van der Waals surface area contributed by atoms with E-state index in [4.69, 9.17) is 4.74 Å². The van der Waals surface area contributed by atoms with E-state index in [-0.39, 0.29) is 5.56 Å². The van der Waals surface area contributed by atoms with Crippen molar-refractivity contribution >= 4 is 0 Å². The van der Waals surface area contributed by atoms with Gasteiger partial charge in [-0.3, -0.25) is 14.7 Å². The fourth-order valence-electron chi connectivity index (χ4n) is 3.24. The summed E-state index contributed by atoms with van der Waals surface area (Å²) < 4.78 is 5.20. The summed E-state index contributed by atoms with van der Waals surface area (Å²) in [6, 6.07) is 8.01. The average molecular weight is 363 g/mol. The number of hydrogen-bond donors (Lipinski definition) is 1. The first kappa shape index (κ1) is 17.4. The number of nitrogens with zero attached hydrogens (tertiary/aromatic N) is 4. The molecule has 3 heterocycles. The highest BCUT2D eigenvalue weighted by molar-refractivity contribution is 5.48. The van der Waals surface area contributed by atoms with Crippen LogP contribution < -0.4 is 10.3 Å². The van der Waals surface area contributed by atoms with Crippen LogP contribution in [0.4, 0.5) is 0 Å². The van der Waals surface area contributed by atoms with E-state index in [1.54, 1.807) is 19.5 Å². The van der Waals surface area contributed by atoms with Crippen molar-refractivity contribution in [2.75, 3.05) is 13.7 Å². The number of H-pyrrole nitrogens is 1. The van der Waals surface area contributed by atoms with Crippen LogP contribution in [0, 0.1) is 6.92 Å². The van der Waals surface area contributed by atoms with Crippen LogP contribution in [0.15, 0.2) is 41.5 Å². The molecular weight excluding hydrogens is 342 g/mol. The minimum absolute atomic E-state index is 0.100. The van der Waals surface area contributed by atoms with Crippen LogP contribution in [-0.2, 0) is 19.5 Å². The number of aromatic nitrogens is 4. The van der Waals surface area contributed by atoms with Crippen LogP contribution in [0.2, 0.25) is 0 Å². The monoisotopic (exact) mass is 363 g/mol. The van der Waals surface area contributed by atoms with E-state index in [1.807, 2.05) is 19.1 Å². The number of aryl methyl sites for hydroxylation is 1. The molecule has 138 valence electrons. The quantitative estimate of drug-likeness (QED) is 0.764. The van der Waals surface area contributed by atoms with Crippen LogP contribution in [0.5, 0.6) is 5.75 Å². The van der Waals surface area contributed by atoms with Gasteiger partial charge in [-0.2, -0.15) is 0 Å². The van der Waals surface area contributed by atoms with E-state index in [9.17, 15) is 4.79 Å². The normalized spacial score (nSPS) is 14.0. The Morgan fingerprint density at radius 1 is 1.19 bits per heavy atom.